The van der Waals surface area contributed by atoms with Crippen LogP contribution in [0.25, 0.3) is 98.4 Å². The van der Waals surface area contributed by atoms with Gasteiger partial charge in [0.1, 0.15) is 17.0 Å². The number of aromatic nitrogens is 3. The summed E-state index contributed by atoms with van der Waals surface area (Å²) in [6.07, 6.45) is 1.81. The van der Waals surface area contributed by atoms with Gasteiger partial charge >= 0.3 is 0 Å². The van der Waals surface area contributed by atoms with E-state index in [9.17, 15) is 5.11 Å². The SMILES string of the molecule is Oc1c(-c2cc3ccccc3s2)c(-c2cc3ccccc3o2)c(-c2nccc3ccccc23)c2oc(-c3cc4ccccc4[nH]3)nc12. The molecule has 5 heterocycles. The zero-order valence-corrected chi connectivity index (χ0v) is 25.5. The van der Waals surface area contributed by atoms with Gasteiger partial charge in [0.05, 0.1) is 11.3 Å². The molecule has 0 spiro atoms. The average Bonchev–Trinajstić information content (AvgIpc) is 3.91. The predicted octanol–water partition coefficient (Wildman–Crippen LogP) is 11.2. The number of fused-ring (bicyclic) bond motifs is 5. The molecule has 10 rings (SSSR count). The van der Waals surface area contributed by atoms with Crippen LogP contribution in [0.3, 0.4) is 0 Å². The monoisotopic (exact) mass is 625 g/mol. The third-order valence-corrected chi connectivity index (χ3v) is 9.96. The molecule has 0 radical (unpaired) electrons. The third kappa shape index (κ3) is 3.97. The van der Waals surface area contributed by atoms with Crippen molar-refractivity contribution < 1.29 is 13.9 Å². The Hall–Kier alpha value is -6.18. The van der Waals surface area contributed by atoms with E-state index < -0.39 is 0 Å². The number of H-pyrrole nitrogens is 1. The standard InChI is InChI=1S/C40H23N3O3S/c44-38-34(32-21-25-12-4-8-16-31(25)47-32)33(30-20-24-11-3-7-15-29(24)45-30)35(36-26-13-5-1-9-22(26)17-18-41-36)39-37(38)43-40(46-39)28-19-23-10-2-6-14-27(23)42-28/h1-21,42,44H. The van der Waals surface area contributed by atoms with Gasteiger partial charge in [-0.3, -0.25) is 4.98 Å². The summed E-state index contributed by atoms with van der Waals surface area (Å²) in [4.78, 5) is 14.3. The lowest BCUT2D eigenvalue weighted by Crippen LogP contribution is -1.94. The molecule has 0 saturated carbocycles. The Morgan fingerprint density at radius 3 is 2.28 bits per heavy atom. The van der Waals surface area contributed by atoms with Crippen LogP contribution in [0.4, 0.5) is 0 Å². The molecule has 0 aliphatic heterocycles. The van der Waals surface area contributed by atoms with Crippen molar-refractivity contribution in [2.75, 3.05) is 0 Å². The van der Waals surface area contributed by atoms with Crippen LogP contribution in [0.1, 0.15) is 0 Å². The van der Waals surface area contributed by atoms with Gasteiger partial charge in [0.15, 0.2) is 16.8 Å². The molecule has 7 heteroatoms. The molecule has 0 saturated heterocycles. The summed E-state index contributed by atoms with van der Waals surface area (Å²) in [5.74, 6) is 0.998. The Morgan fingerprint density at radius 1 is 0.660 bits per heavy atom. The number of para-hydroxylation sites is 2. The zero-order valence-electron chi connectivity index (χ0n) is 24.7. The van der Waals surface area contributed by atoms with Gasteiger partial charge in [-0.1, -0.05) is 78.9 Å². The summed E-state index contributed by atoms with van der Waals surface area (Å²) < 4.78 is 14.4. The summed E-state index contributed by atoms with van der Waals surface area (Å²) in [6, 6.07) is 40.5. The maximum Gasteiger partial charge on any atom is 0.244 e. The van der Waals surface area contributed by atoms with Crippen LogP contribution < -0.4 is 0 Å². The third-order valence-electron chi connectivity index (χ3n) is 8.83. The normalized spacial score (nSPS) is 11.9. The second-order valence-corrected chi connectivity index (χ2v) is 12.7. The van der Waals surface area contributed by atoms with Crippen LogP contribution in [-0.4, -0.2) is 20.1 Å². The average molecular weight is 626 g/mol. The largest absolute Gasteiger partial charge is 0.505 e. The summed E-state index contributed by atoms with van der Waals surface area (Å²) >= 11 is 1.62. The number of furan rings is 1. The van der Waals surface area contributed by atoms with Gasteiger partial charge in [-0.05, 0) is 53.2 Å². The van der Waals surface area contributed by atoms with Crippen LogP contribution >= 0.6 is 11.3 Å². The fourth-order valence-corrected chi connectivity index (χ4v) is 7.79. The van der Waals surface area contributed by atoms with Crippen molar-refractivity contribution in [3.63, 3.8) is 0 Å². The highest BCUT2D eigenvalue weighted by Crippen LogP contribution is 2.54. The Morgan fingerprint density at radius 2 is 1.43 bits per heavy atom. The minimum Gasteiger partial charge on any atom is -0.505 e. The van der Waals surface area contributed by atoms with Crippen molar-refractivity contribution in [3.05, 3.63) is 128 Å². The predicted molar refractivity (Wildman–Crippen MR) is 190 cm³/mol. The van der Waals surface area contributed by atoms with Crippen molar-refractivity contribution in [1.82, 2.24) is 15.0 Å². The first-order valence-corrected chi connectivity index (χ1v) is 16.1. The highest BCUT2D eigenvalue weighted by Gasteiger charge is 2.31. The molecule has 0 aliphatic rings. The topological polar surface area (TPSA) is 88.1 Å². The van der Waals surface area contributed by atoms with Crippen LogP contribution in [0.5, 0.6) is 5.75 Å². The molecule has 47 heavy (non-hydrogen) atoms. The van der Waals surface area contributed by atoms with Gasteiger partial charge in [0.2, 0.25) is 5.89 Å². The Balaban J connectivity index is 1.39. The number of aromatic amines is 1. The molecule has 0 atom stereocenters. The quantitative estimate of drug-likeness (QED) is 0.203. The van der Waals surface area contributed by atoms with Gasteiger partial charge in [-0.25, -0.2) is 4.98 Å². The van der Waals surface area contributed by atoms with Crippen LogP contribution in [0.15, 0.2) is 136 Å². The van der Waals surface area contributed by atoms with Crippen LogP contribution in [0.2, 0.25) is 0 Å². The number of rotatable bonds is 4. The fourth-order valence-electron chi connectivity index (χ4n) is 6.67. The first-order chi connectivity index (χ1) is 23.2. The van der Waals surface area contributed by atoms with Crippen LogP contribution in [0, 0.1) is 0 Å². The van der Waals surface area contributed by atoms with E-state index in [1.165, 1.54) is 0 Å². The lowest BCUT2D eigenvalue weighted by Gasteiger charge is -2.16. The molecule has 5 aromatic carbocycles. The van der Waals surface area contributed by atoms with E-state index in [4.69, 9.17) is 18.8 Å². The van der Waals surface area contributed by atoms with E-state index in [0.717, 1.165) is 47.6 Å². The van der Waals surface area contributed by atoms with Crippen molar-refractivity contribution >= 4 is 65.2 Å². The molecule has 0 amide bonds. The summed E-state index contributed by atoms with van der Waals surface area (Å²) in [6.45, 7) is 0. The minimum absolute atomic E-state index is 0.0251. The number of pyridine rings is 1. The van der Waals surface area contributed by atoms with Crippen molar-refractivity contribution in [3.8, 4) is 50.4 Å². The lowest BCUT2D eigenvalue weighted by molar-refractivity contribution is 0.482. The highest BCUT2D eigenvalue weighted by atomic mass is 32.1. The van der Waals surface area contributed by atoms with Crippen molar-refractivity contribution in [1.29, 1.82) is 0 Å². The molecule has 6 nitrogen and oxygen atoms in total. The maximum atomic E-state index is 12.3. The first kappa shape index (κ1) is 26.1. The smallest absolute Gasteiger partial charge is 0.244 e. The van der Waals surface area contributed by atoms with Gasteiger partial charge in [-0.15, -0.1) is 11.3 Å². The number of benzene rings is 5. The van der Waals surface area contributed by atoms with E-state index in [1.54, 1.807) is 11.3 Å². The van der Waals surface area contributed by atoms with Gasteiger partial charge in [0.25, 0.3) is 0 Å². The van der Waals surface area contributed by atoms with E-state index in [0.29, 0.717) is 50.8 Å². The number of thiophene rings is 1. The van der Waals surface area contributed by atoms with Gasteiger partial charge < -0.3 is 18.9 Å². The van der Waals surface area contributed by atoms with E-state index in [-0.39, 0.29) is 5.75 Å². The molecule has 5 aromatic heterocycles. The van der Waals surface area contributed by atoms with E-state index in [2.05, 4.69) is 35.3 Å². The second-order valence-electron chi connectivity index (χ2n) is 11.6. The highest BCUT2D eigenvalue weighted by molar-refractivity contribution is 7.22. The van der Waals surface area contributed by atoms with E-state index in [1.807, 2.05) is 97.2 Å². The zero-order chi connectivity index (χ0) is 31.1. The fraction of sp³-hybridized carbons (Fsp3) is 0. The molecule has 0 unspecified atom stereocenters. The van der Waals surface area contributed by atoms with Crippen molar-refractivity contribution in [2.45, 2.75) is 0 Å². The molecular weight excluding hydrogens is 603 g/mol. The van der Waals surface area contributed by atoms with Gasteiger partial charge in [-0.2, -0.15) is 0 Å². The number of aromatic hydroxyl groups is 1. The molecule has 10 aromatic rings. The summed E-state index contributed by atoms with van der Waals surface area (Å²) in [7, 11) is 0. The second kappa shape index (κ2) is 9.91. The Kier molecular flexibility index (Phi) is 5.50. The lowest BCUT2D eigenvalue weighted by atomic mass is 9.91. The molecule has 0 aliphatic carbocycles. The molecule has 222 valence electrons. The molecule has 0 bridgehead atoms. The number of phenols is 1. The number of nitrogens with zero attached hydrogens (tertiary/aromatic N) is 2. The molecular formula is C40H23N3O3S. The number of phenolic OH excluding ortho intramolecular Hbond substituents is 1. The molecule has 0 fully saturated rings. The van der Waals surface area contributed by atoms with Crippen LogP contribution in [-0.2, 0) is 0 Å². The molecule has 2 N–H and O–H groups in total. The Labute approximate surface area is 271 Å². The first-order valence-electron chi connectivity index (χ1n) is 15.3. The van der Waals surface area contributed by atoms with E-state index >= 15 is 0 Å². The summed E-state index contributed by atoms with van der Waals surface area (Å²) in [5.41, 5.74) is 5.96. The number of oxazole rings is 1. The Bertz CT molecular complexity index is 2730. The maximum absolute atomic E-state index is 12.3. The number of nitrogens with one attached hydrogen (secondary N) is 1. The number of hydrogen-bond donors (Lipinski definition) is 2. The minimum atomic E-state index is 0.0251. The summed E-state index contributed by atoms with van der Waals surface area (Å²) in [5, 5.41) is 17.4. The number of hydrogen-bond acceptors (Lipinski definition) is 6. The van der Waals surface area contributed by atoms with Crippen molar-refractivity contribution in [2.24, 2.45) is 0 Å². The van der Waals surface area contributed by atoms with Gasteiger partial charge in [0, 0.05) is 48.6 Å².